The number of anilines is 3. The van der Waals surface area contributed by atoms with E-state index < -0.39 is 5.82 Å². The lowest BCUT2D eigenvalue weighted by Crippen LogP contribution is -2.08. The van der Waals surface area contributed by atoms with Crippen molar-refractivity contribution in [2.24, 2.45) is 0 Å². The Bertz CT molecular complexity index is 630. The Kier molecular flexibility index (Phi) is 3.67. The molecule has 0 amide bonds. The molecule has 2 aromatic rings. The highest BCUT2D eigenvalue weighted by Crippen LogP contribution is 2.23. The zero-order valence-corrected chi connectivity index (χ0v) is 10.8. The first-order chi connectivity index (χ1) is 9.10. The van der Waals surface area contributed by atoms with Gasteiger partial charge in [-0.25, -0.2) is 4.39 Å². The summed E-state index contributed by atoms with van der Waals surface area (Å²) in [5.74, 6) is -0.436. The summed E-state index contributed by atoms with van der Waals surface area (Å²) in [5.41, 5.74) is 2.49. The van der Waals surface area contributed by atoms with Crippen molar-refractivity contribution >= 4 is 17.1 Å². The molecule has 2 rings (SSSR count). The number of rotatable bonds is 3. The normalized spacial score (nSPS) is 9.79. The first-order valence-electron chi connectivity index (χ1n) is 5.84. The zero-order chi connectivity index (χ0) is 13.8. The second-order valence-corrected chi connectivity index (χ2v) is 4.38. The van der Waals surface area contributed by atoms with Crippen molar-refractivity contribution in [1.82, 2.24) is 0 Å². The predicted molar refractivity (Wildman–Crippen MR) is 75.2 cm³/mol. The molecule has 0 spiro atoms. The molecule has 0 unspecified atom stereocenters. The monoisotopic (exact) mass is 255 g/mol. The number of hydrogen-bond acceptors (Lipinski definition) is 3. The third-order valence-electron chi connectivity index (χ3n) is 2.74. The van der Waals surface area contributed by atoms with Crippen LogP contribution in [0.4, 0.5) is 21.5 Å². The maximum Gasteiger partial charge on any atom is 0.147 e. The Hall–Kier alpha value is -2.54. The van der Waals surface area contributed by atoms with Gasteiger partial charge in [0.1, 0.15) is 5.82 Å². The molecule has 0 heterocycles. The van der Waals surface area contributed by atoms with Gasteiger partial charge in [0.25, 0.3) is 0 Å². The fourth-order valence-corrected chi connectivity index (χ4v) is 1.70. The second kappa shape index (κ2) is 5.40. The fourth-order valence-electron chi connectivity index (χ4n) is 1.70. The second-order valence-electron chi connectivity index (χ2n) is 4.38. The molecule has 0 aliphatic rings. The molecule has 0 radical (unpaired) electrons. The molecule has 0 fully saturated rings. The van der Waals surface area contributed by atoms with Crippen LogP contribution in [0.1, 0.15) is 5.56 Å². The van der Waals surface area contributed by atoms with Crippen molar-refractivity contribution < 1.29 is 4.39 Å². The van der Waals surface area contributed by atoms with Gasteiger partial charge in [-0.1, -0.05) is 6.07 Å². The fraction of sp³-hybridized carbons (Fsp3) is 0.133. The highest BCUT2D eigenvalue weighted by atomic mass is 19.1. The quantitative estimate of drug-likeness (QED) is 0.912. The van der Waals surface area contributed by atoms with Gasteiger partial charge in [-0.05, 0) is 36.4 Å². The van der Waals surface area contributed by atoms with Gasteiger partial charge in [0.05, 0.1) is 17.3 Å². The predicted octanol–water partition coefficient (Wildman–Crippen LogP) is 3.51. The van der Waals surface area contributed by atoms with Gasteiger partial charge in [0, 0.05) is 25.5 Å². The van der Waals surface area contributed by atoms with Gasteiger partial charge < -0.3 is 10.2 Å². The Morgan fingerprint density at radius 1 is 1.16 bits per heavy atom. The minimum Gasteiger partial charge on any atom is -0.378 e. The third kappa shape index (κ3) is 3.02. The average Bonchev–Trinajstić information content (AvgIpc) is 2.41. The van der Waals surface area contributed by atoms with Crippen LogP contribution in [0.5, 0.6) is 0 Å². The van der Waals surface area contributed by atoms with Crippen LogP contribution in [0, 0.1) is 17.1 Å². The molecule has 19 heavy (non-hydrogen) atoms. The zero-order valence-electron chi connectivity index (χ0n) is 10.8. The Labute approximate surface area is 111 Å². The summed E-state index contributed by atoms with van der Waals surface area (Å²) >= 11 is 0. The van der Waals surface area contributed by atoms with E-state index in [0.717, 1.165) is 11.4 Å². The lowest BCUT2D eigenvalue weighted by molar-refractivity contribution is 0.631. The number of hydrogen-bond donors (Lipinski definition) is 1. The number of nitrogens with one attached hydrogen (secondary N) is 1. The van der Waals surface area contributed by atoms with E-state index in [1.807, 2.05) is 49.3 Å². The van der Waals surface area contributed by atoms with Crippen LogP contribution in [0.2, 0.25) is 0 Å². The molecule has 0 atom stereocenters. The van der Waals surface area contributed by atoms with Crippen LogP contribution in [0.25, 0.3) is 0 Å². The molecule has 0 aliphatic carbocycles. The molecule has 0 aromatic heterocycles. The van der Waals surface area contributed by atoms with Crippen molar-refractivity contribution in [3.05, 3.63) is 53.8 Å². The van der Waals surface area contributed by atoms with E-state index in [0.29, 0.717) is 11.3 Å². The molecule has 1 N–H and O–H groups in total. The minimum absolute atomic E-state index is 0.310. The van der Waals surface area contributed by atoms with E-state index in [2.05, 4.69) is 5.32 Å². The Morgan fingerprint density at radius 2 is 1.95 bits per heavy atom. The molecule has 96 valence electrons. The van der Waals surface area contributed by atoms with E-state index in [4.69, 9.17) is 5.26 Å². The first-order valence-corrected chi connectivity index (χ1v) is 5.84. The Balaban J connectivity index is 2.26. The van der Waals surface area contributed by atoms with Crippen molar-refractivity contribution in [2.45, 2.75) is 0 Å². The average molecular weight is 255 g/mol. The summed E-state index contributed by atoms with van der Waals surface area (Å²) in [6.07, 6.45) is 0. The van der Waals surface area contributed by atoms with Crippen molar-refractivity contribution in [1.29, 1.82) is 5.26 Å². The third-order valence-corrected chi connectivity index (χ3v) is 2.74. The van der Waals surface area contributed by atoms with E-state index in [1.54, 1.807) is 12.1 Å². The molecule has 3 nitrogen and oxygen atoms in total. The standard InChI is InChI=1S/C15H14FN3/c1-19(2)13-5-3-4-12(9-13)18-15-7-6-11(10-17)8-14(15)16/h3-9,18H,1-2H3. The van der Waals surface area contributed by atoms with Gasteiger partial charge >= 0.3 is 0 Å². The van der Waals surface area contributed by atoms with E-state index in [-0.39, 0.29) is 0 Å². The van der Waals surface area contributed by atoms with E-state index in [9.17, 15) is 4.39 Å². The molecule has 0 saturated heterocycles. The van der Waals surface area contributed by atoms with Crippen LogP contribution in [0.15, 0.2) is 42.5 Å². The molecular formula is C15H14FN3. The molecule has 4 heteroatoms. The number of halogens is 1. The number of benzene rings is 2. The molecule has 0 bridgehead atoms. The summed E-state index contributed by atoms with van der Waals surface area (Å²) in [7, 11) is 3.89. The van der Waals surface area contributed by atoms with Crippen LogP contribution in [-0.4, -0.2) is 14.1 Å². The van der Waals surface area contributed by atoms with Crippen molar-refractivity contribution in [2.75, 3.05) is 24.3 Å². The molecule has 0 saturated carbocycles. The van der Waals surface area contributed by atoms with Crippen molar-refractivity contribution in [3.8, 4) is 6.07 Å². The van der Waals surface area contributed by atoms with Gasteiger partial charge in [-0.3, -0.25) is 0 Å². The highest BCUT2D eigenvalue weighted by molar-refractivity contribution is 5.65. The lowest BCUT2D eigenvalue weighted by atomic mass is 10.2. The number of nitriles is 1. The van der Waals surface area contributed by atoms with Crippen LogP contribution in [0.3, 0.4) is 0 Å². The van der Waals surface area contributed by atoms with Gasteiger partial charge in [0.15, 0.2) is 0 Å². The van der Waals surface area contributed by atoms with Crippen molar-refractivity contribution in [3.63, 3.8) is 0 Å². The topological polar surface area (TPSA) is 39.1 Å². The van der Waals surface area contributed by atoms with Crippen LogP contribution >= 0.6 is 0 Å². The highest BCUT2D eigenvalue weighted by Gasteiger charge is 2.04. The minimum atomic E-state index is -0.436. The largest absolute Gasteiger partial charge is 0.378 e. The SMILES string of the molecule is CN(C)c1cccc(Nc2ccc(C#N)cc2F)c1. The van der Waals surface area contributed by atoms with Crippen LogP contribution in [-0.2, 0) is 0 Å². The van der Waals surface area contributed by atoms with Gasteiger partial charge in [-0.2, -0.15) is 5.26 Å². The van der Waals surface area contributed by atoms with Gasteiger partial charge in [0.2, 0.25) is 0 Å². The first kappa shape index (κ1) is 12.9. The smallest absolute Gasteiger partial charge is 0.147 e. The van der Waals surface area contributed by atoms with Gasteiger partial charge in [-0.15, -0.1) is 0 Å². The summed E-state index contributed by atoms with van der Waals surface area (Å²) in [4.78, 5) is 1.97. The molecular weight excluding hydrogens is 241 g/mol. The molecule has 0 aliphatic heterocycles. The maximum atomic E-state index is 13.8. The maximum absolute atomic E-state index is 13.8. The number of nitrogens with zero attached hydrogens (tertiary/aromatic N) is 2. The summed E-state index contributed by atoms with van der Waals surface area (Å²) in [6, 6.07) is 13.9. The molecule has 2 aromatic carbocycles. The van der Waals surface area contributed by atoms with Crippen LogP contribution < -0.4 is 10.2 Å². The lowest BCUT2D eigenvalue weighted by Gasteiger charge is -2.14. The summed E-state index contributed by atoms with van der Waals surface area (Å²) < 4.78 is 13.8. The van der Waals surface area contributed by atoms with E-state index >= 15 is 0 Å². The summed E-state index contributed by atoms with van der Waals surface area (Å²) in [5, 5.41) is 11.7. The Morgan fingerprint density at radius 3 is 2.58 bits per heavy atom. The summed E-state index contributed by atoms with van der Waals surface area (Å²) in [6.45, 7) is 0. The van der Waals surface area contributed by atoms with E-state index in [1.165, 1.54) is 6.07 Å².